The SMILES string of the molecule is COC(=O)C1CCC(=CCO)CC1. The Bertz CT molecular complexity index is 198. The van der Waals surface area contributed by atoms with E-state index in [0.29, 0.717) is 0 Å². The number of methoxy groups -OCH3 is 1. The van der Waals surface area contributed by atoms with Gasteiger partial charge in [-0.2, -0.15) is 0 Å². The third kappa shape index (κ3) is 2.84. The second kappa shape index (κ2) is 5.02. The van der Waals surface area contributed by atoms with Gasteiger partial charge in [0.15, 0.2) is 0 Å². The standard InChI is InChI=1S/C10H16O3/c1-13-10(12)9-4-2-8(3-5-9)6-7-11/h6,9,11H,2-5,7H2,1H3. The van der Waals surface area contributed by atoms with Crippen molar-refractivity contribution in [1.82, 2.24) is 0 Å². The molecule has 1 aliphatic carbocycles. The molecule has 0 spiro atoms. The Morgan fingerprint density at radius 3 is 2.69 bits per heavy atom. The molecule has 0 aliphatic heterocycles. The average molecular weight is 184 g/mol. The first-order valence-corrected chi connectivity index (χ1v) is 4.64. The number of carbonyl (C=O) groups excluding carboxylic acids is 1. The van der Waals surface area contributed by atoms with Crippen molar-refractivity contribution in [2.24, 2.45) is 5.92 Å². The summed E-state index contributed by atoms with van der Waals surface area (Å²) in [4.78, 5) is 11.1. The molecule has 13 heavy (non-hydrogen) atoms. The largest absolute Gasteiger partial charge is 0.469 e. The van der Waals surface area contributed by atoms with Gasteiger partial charge in [-0.15, -0.1) is 0 Å². The maximum atomic E-state index is 11.1. The van der Waals surface area contributed by atoms with E-state index in [1.165, 1.54) is 12.7 Å². The minimum absolute atomic E-state index is 0.0702. The maximum absolute atomic E-state index is 11.1. The summed E-state index contributed by atoms with van der Waals surface area (Å²) in [6, 6.07) is 0. The summed E-state index contributed by atoms with van der Waals surface area (Å²) in [5.74, 6) is -0.0242. The van der Waals surface area contributed by atoms with Crippen molar-refractivity contribution in [2.45, 2.75) is 25.7 Å². The van der Waals surface area contributed by atoms with Crippen LogP contribution >= 0.6 is 0 Å². The van der Waals surface area contributed by atoms with E-state index in [1.807, 2.05) is 6.08 Å². The minimum Gasteiger partial charge on any atom is -0.469 e. The van der Waals surface area contributed by atoms with Gasteiger partial charge in [0.2, 0.25) is 0 Å². The fourth-order valence-corrected chi connectivity index (χ4v) is 1.72. The topological polar surface area (TPSA) is 46.5 Å². The van der Waals surface area contributed by atoms with Gasteiger partial charge < -0.3 is 9.84 Å². The zero-order chi connectivity index (χ0) is 9.68. The van der Waals surface area contributed by atoms with Gasteiger partial charge in [-0.05, 0) is 25.7 Å². The Balaban J connectivity index is 2.39. The lowest BCUT2D eigenvalue weighted by molar-refractivity contribution is -0.146. The number of allylic oxidation sites excluding steroid dienone is 1. The number of aliphatic hydroxyl groups excluding tert-OH is 1. The van der Waals surface area contributed by atoms with Gasteiger partial charge in [0.25, 0.3) is 0 Å². The van der Waals surface area contributed by atoms with Crippen LogP contribution in [0.3, 0.4) is 0 Å². The zero-order valence-corrected chi connectivity index (χ0v) is 7.95. The Morgan fingerprint density at radius 1 is 1.62 bits per heavy atom. The summed E-state index contributed by atoms with van der Waals surface area (Å²) in [7, 11) is 1.43. The van der Waals surface area contributed by atoms with Crippen LogP contribution in [0, 0.1) is 5.92 Å². The second-order valence-electron chi connectivity index (χ2n) is 3.34. The molecule has 3 heteroatoms. The van der Waals surface area contributed by atoms with Crippen molar-refractivity contribution in [3.05, 3.63) is 11.6 Å². The van der Waals surface area contributed by atoms with E-state index < -0.39 is 0 Å². The Morgan fingerprint density at radius 2 is 2.23 bits per heavy atom. The number of carbonyl (C=O) groups is 1. The average Bonchev–Trinajstić information content (AvgIpc) is 2.18. The van der Waals surface area contributed by atoms with Crippen molar-refractivity contribution in [3.63, 3.8) is 0 Å². The Labute approximate surface area is 78.4 Å². The highest BCUT2D eigenvalue weighted by Gasteiger charge is 2.23. The van der Waals surface area contributed by atoms with Crippen molar-refractivity contribution in [3.8, 4) is 0 Å². The highest BCUT2D eigenvalue weighted by molar-refractivity contribution is 5.72. The lowest BCUT2D eigenvalue weighted by Crippen LogP contribution is -2.19. The van der Waals surface area contributed by atoms with E-state index in [4.69, 9.17) is 5.11 Å². The second-order valence-corrected chi connectivity index (χ2v) is 3.34. The molecule has 3 nitrogen and oxygen atoms in total. The van der Waals surface area contributed by atoms with Crippen LogP contribution in [0.25, 0.3) is 0 Å². The molecule has 1 aliphatic rings. The maximum Gasteiger partial charge on any atom is 0.308 e. The molecule has 0 aromatic heterocycles. The molecule has 1 fully saturated rings. The quantitative estimate of drug-likeness (QED) is 0.519. The lowest BCUT2D eigenvalue weighted by Gasteiger charge is -2.21. The van der Waals surface area contributed by atoms with Gasteiger partial charge in [0.05, 0.1) is 19.6 Å². The van der Waals surface area contributed by atoms with Crippen LogP contribution in [0.2, 0.25) is 0 Å². The molecule has 74 valence electrons. The molecule has 0 radical (unpaired) electrons. The number of ether oxygens (including phenoxy) is 1. The van der Waals surface area contributed by atoms with E-state index in [9.17, 15) is 4.79 Å². The predicted octanol–water partition coefficient (Wildman–Crippen LogP) is 1.27. The van der Waals surface area contributed by atoms with Crippen LogP contribution in [0.5, 0.6) is 0 Å². The predicted molar refractivity (Wildman–Crippen MR) is 49.1 cm³/mol. The normalized spacial score (nSPS) is 22.6. The van der Waals surface area contributed by atoms with Gasteiger partial charge in [-0.3, -0.25) is 4.79 Å². The summed E-state index contributed by atoms with van der Waals surface area (Å²) in [6.07, 6.45) is 5.39. The minimum atomic E-state index is -0.0944. The molecule has 1 N–H and O–H groups in total. The molecule has 0 atom stereocenters. The Hall–Kier alpha value is -0.830. The van der Waals surface area contributed by atoms with Crippen molar-refractivity contribution >= 4 is 5.97 Å². The number of hydrogen-bond acceptors (Lipinski definition) is 3. The number of rotatable bonds is 2. The van der Waals surface area contributed by atoms with E-state index in [1.54, 1.807) is 0 Å². The van der Waals surface area contributed by atoms with Gasteiger partial charge in [-0.25, -0.2) is 0 Å². The van der Waals surface area contributed by atoms with Crippen LogP contribution in [-0.2, 0) is 9.53 Å². The van der Waals surface area contributed by atoms with Crippen molar-refractivity contribution in [1.29, 1.82) is 0 Å². The summed E-state index contributed by atoms with van der Waals surface area (Å²) in [5, 5.41) is 8.67. The fourth-order valence-electron chi connectivity index (χ4n) is 1.72. The summed E-state index contributed by atoms with van der Waals surface area (Å²) in [6.45, 7) is 0.109. The van der Waals surface area contributed by atoms with Crippen molar-refractivity contribution in [2.75, 3.05) is 13.7 Å². The van der Waals surface area contributed by atoms with Crippen LogP contribution in [0.15, 0.2) is 11.6 Å². The fraction of sp³-hybridized carbons (Fsp3) is 0.700. The molecule has 0 amide bonds. The summed E-state index contributed by atoms with van der Waals surface area (Å²) < 4.78 is 4.68. The number of esters is 1. The van der Waals surface area contributed by atoms with E-state index in [2.05, 4.69) is 4.74 Å². The first-order valence-electron chi connectivity index (χ1n) is 4.64. The van der Waals surface area contributed by atoms with Crippen LogP contribution in [0.1, 0.15) is 25.7 Å². The van der Waals surface area contributed by atoms with Gasteiger partial charge in [0, 0.05) is 0 Å². The number of hydrogen-bond donors (Lipinski definition) is 1. The van der Waals surface area contributed by atoms with Crippen LogP contribution in [-0.4, -0.2) is 24.8 Å². The van der Waals surface area contributed by atoms with Crippen molar-refractivity contribution < 1.29 is 14.6 Å². The smallest absolute Gasteiger partial charge is 0.308 e. The highest BCUT2D eigenvalue weighted by Crippen LogP contribution is 2.28. The first-order chi connectivity index (χ1) is 6.27. The van der Waals surface area contributed by atoms with Gasteiger partial charge in [-0.1, -0.05) is 11.6 Å². The third-order valence-electron chi connectivity index (χ3n) is 2.54. The lowest BCUT2D eigenvalue weighted by atomic mass is 9.86. The summed E-state index contributed by atoms with van der Waals surface area (Å²) in [5.41, 5.74) is 1.27. The molecule has 1 saturated carbocycles. The van der Waals surface area contributed by atoms with E-state index in [-0.39, 0.29) is 18.5 Å². The zero-order valence-electron chi connectivity index (χ0n) is 7.95. The monoisotopic (exact) mass is 184 g/mol. The van der Waals surface area contributed by atoms with Gasteiger partial charge >= 0.3 is 5.97 Å². The molecule has 0 aromatic carbocycles. The molecule has 0 saturated heterocycles. The number of aliphatic hydroxyl groups is 1. The molecule has 0 unspecified atom stereocenters. The van der Waals surface area contributed by atoms with Crippen LogP contribution < -0.4 is 0 Å². The molecule has 1 rings (SSSR count). The van der Waals surface area contributed by atoms with E-state index >= 15 is 0 Å². The first kappa shape index (κ1) is 10.3. The molecule has 0 heterocycles. The molecular formula is C10H16O3. The molecular weight excluding hydrogens is 168 g/mol. The van der Waals surface area contributed by atoms with Crippen LogP contribution in [0.4, 0.5) is 0 Å². The molecule has 0 aromatic rings. The van der Waals surface area contributed by atoms with Gasteiger partial charge in [0.1, 0.15) is 0 Å². The van der Waals surface area contributed by atoms with E-state index in [0.717, 1.165) is 25.7 Å². The Kier molecular flexibility index (Phi) is 3.96. The third-order valence-corrected chi connectivity index (χ3v) is 2.54. The summed E-state index contributed by atoms with van der Waals surface area (Å²) >= 11 is 0. The molecule has 0 bridgehead atoms. The highest BCUT2D eigenvalue weighted by atomic mass is 16.5.